The van der Waals surface area contributed by atoms with Crippen LogP contribution in [0, 0.1) is 0 Å². The number of nitrogens with zero attached hydrogens (tertiary/aromatic N) is 1. The fraction of sp³-hybridized carbons (Fsp3) is 0.462. The van der Waals surface area contributed by atoms with Crippen molar-refractivity contribution >= 4 is 11.8 Å². The summed E-state index contributed by atoms with van der Waals surface area (Å²) in [6.45, 7) is 3.88. The molecule has 33 heavy (non-hydrogen) atoms. The van der Waals surface area contributed by atoms with Gasteiger partial charge in [-0.25, -0.2) is 0 Å². The quantitative estimate of drug-likeness (QED) is 0.720. The summed E-state index contributed by atoms with van der Waals surface area (Å²) in [5, 5.41) is 2.94. The molecule has 7 nitrogen and oxygen atoms in total. The molecule has 0 saturated carbocycles. The molecule has 1 N–H and O–H groups in total. The van der Waals surface area contributed by atoms with Crippen molar-refractivity contribution in [3.8, 4) is 17.2 Å². The Morgan fingerprint density at radius 2 is 1.88 bits per heavy atom. The Labute approximate surface area is 196 Å². The number of aryl methyl sites for hydroxylation is 1. The number of benzene rings is 2. The molecule has 1 aliphatic heterocycles. The van der Waals surface area contributed by atoms with E-state index in [9.17, 15) is 9.59 Å². The zero-order valence-corrected chi connectivity index (χ0v) is 19.6. The van der Waals surface area contributed by atoms with Gasteiger partial charge in [0.1, 0.15) is 5.75 Å². The molecule has 7 heteroatoms. The van der Waals surface area contributed by atoms with Gasteiger partial charge in [0, 0.05) is 25.1 Å². The Balaban J connectivity index is 1.83. The molecule has 0 aromatic heterocycles. The van der Waals surface area contributed by atoms with Crippen LogP contribution in [0.3, 0.4) is 0 Å². The second-order valence-electron chi connectivity index (χ2n) is 8.00. The number of amides is 2. The van der Waals surface area contributed by atoms with Crippen LogP contribution in [-0.4, -0.2) is 50.1 Å². The van der Waals surface area contributed by atoms with Crippen molar-refractivity contribution in [2.24, 2.45) is 0 Å². The first kappa shape index (κ1) is 24.4. The average molecular weight is 455 g/mol. The maximum absolute atomic E-state index is 13.3. The van der Waals surface area contributed by atoms with Gasteiger partial charge in [0.25, 0.3) is 0 Å². The van der Waals surface area contributed by atoms with Gasteiger partial charge in [-0.2, -0.15) is 0 Å². The van der Waals surface area contributed by atoms with Crippen molar-refractivity contribution in [1.82, 2.24) is 10.2 Å². The third-order valence-corrected chi connectivity index (χ3v) is 5.60. The number of carbonyl (C=O) groups is 2. The molecule has 2 aromatic rings. The van der Waals surface area contributed by atoms with Crippen molar-refractivity contribution in [3.05, 3.63) is 53.6 Å². The molecular weight excluding hydrogens is 420 g/mol. The zero-order chi connectivity index (χ0) is 23.5. The van der Waals surface area contributed by atoms with Crippen LogP contribution in [-0.2, 0) is 22.6 Å². The van der Waals surface area contributed by atoms with Gasteiger partial charge in [-0.3, -0.25) is 9.59 Å². The third kappa shape index (κ3) is 7.14. The number of fused-ring (bicyclic) bond motifs is 1. The lowest BCUT2D eigenvalue weighted by Gasteiger charge is -2.24. The van der Waals surface area contributed by atoms with Gasteiger partial charge in [0.2, 0.25) is 11.8 Å². The highest BCUT2D eigenvalue weighted by atomic mass is 16.5. The lowest BCUT2D eigenvalue weighted by molar-refractivity contribution is -0.136. The topological polar surface area (TPSA) is 77.1 Å². The minimum atomic E-state index is -0.150. The van der Waals surface area contributed by atoms with Gasteiger partial charge in [-0.1, -0.05) is 30.3 Å². The summed E-state index contributed by atoms with van der Waals surface area (Å²) in [6.07, 6.45) is 3.51. The summed E-state index contributed by atoms with van der Waals surface area (Å²) in [6, 6.07) is 13.4. The number of ether oxygens (including phenoxy) is 3. The number of methoxy groups -OCH3 is 1. The van der Waals surface area contributed by atoms with Crippen LogP contribution in [0.15, 0.2) is 42.5 Å². The summed E-state index contributed by atoms with van der Waals surface area (Å²) in [7, 11) is 1.62. The largest absolute Gasteiger partial charge is 0.496 e. The van der Waals surface area contributed by atoms with E-state index in [0.717, 1.165) is 36.1 Å². The molecule has 0 fully saturated rings. The molecule has 3 rings (SSSR count). The van der Waals surface area contributed by atoms with E-state index in [2.05, 4.69) is 5.32 Å². The summed E-state index contributed by atoms with van der Waals surface area (Å²) in [5.41, 5.74) is 1.80. The van der Waals surface area contributed by atoms with Gasteiger partial charge in [-0.15, -0.1) is 0 Å². The molecule has 2 aromatic carbocycles. The minimum Gasteiger partial charge on any atom is -0.496 e. The lowest BCUT2D eigenvalue weighted by atomic mass is 10.1. The highest BCUT2D eigenvalue weighted by Gasteiger charge is 2.21. The maximum atomic E-state index is 13.3. The molecule has 1 heterocycles. The predicted octanol–water partition coefficient (Wildman–Crippen LogP) is 3.73. The molecule has 178 valence electrons. The van der Waals surface area contributed by atoms with Crippen molar-refractivity contribution in [3.63, 3.8) is 0 Å². The Morgan fingerprint density at radius 1 is 1.06 bits per heavy atom. The van der Waals surface area contributed by atoms with E-state index < -0.39 is 0 Å². The SMILES string of the molecule is CCOc1cccc2c1OCCCCCNC(=O)CN(C(=O)CCc1ccccc1OC)C2. The Morgan fingerprint density at radius 3 is 2.70 bits per heavy atom. The van der Waals surface area contributed by atoms with E-state index in [0.29, 0.717) is 37.7 Å². The first-order chi connectivity index (χ1) is 16.1. The lowest BCUT2D eigenvalue weighted by Crippen LogP contribution is -2.40. The number of rotatable bonds is 6. The van der Waals surface area contributed by atoms with Gasteiger partial charge in [-0.05, 0) is 50.3 Å². The second kappa shape index (κ2) is 12.7. The average Bonchev–Trinajstić information content (AvgIpc) is 2.84. The van der Waals surface area contributed by atoms with E-state index in [1.165, 1.54) is 0 Å². The fourth-order valence-electron chi connectivity index (χ4n) is 3.90. The molecule has 0 unspecified atom stereocenters. The zero-order valence-electron chi connectivity index (χ0n) is 19.6. The van der Waals surface area contributed by atoms with Crippen LogP contribution in [0.1, 0.15) is 43.7 Å². The Bertz CT molecular complexity index is 931. The number of hydrogen-bond acceptors (Lipinski definition) is 5. The highest BCUT2D eigenvalue weighted by molar-refractivity contribution is 5.85. The molecule has 0 radical (unpaired) electrons. The summed E-state index contributed by atoms with van der Waals surface area (Å²) < 4.78 is 17.3. The van der Waals surface area contributed by atoms with Crippen LogP contribution in [0.2, 0.25) is 0 Å². The van der Waals surface area contributed by atoms with Crippen LogP contribution in [0.4, 0.5) is 0 Å². The first-order valence-electron chi connectivity index (χ1n) is 11.7. The predicted molar refractivity (Wildman–Crippen MR) is 127 cm³/mol. The minimum absolute atomic E-state index is 0.00304. The van der Waals surface area contributed by atoms with Crippen molar-refractivity contribution in [2.75, 3.05) is 33.4 Å². The van der Waals surface area contributed by atoms with Gasteiger partial charge < -0.3 is 24.4 Å². The van der Waals surface area contributed by atoms with Crippen LogP contribution < -0.4 is 19.5 Å². The Hall–Kier alpha value is -3.22. The smallest absolute Gasteiger partial charge is 0.239 e. The number of hydrogen-bond donors (Lipinski definition) is 1. The van der Waals surface area contributed by atoms with Crippen LogP contribution in [0.5, 0.6) is 17.2 Å². The number of para-hydroxylation sites is 2. The number of nitrogens with one attached hydrogen (secondary N) is 1. The van der Waals surface area contributed by atoms with E-state index in [-0.39, 0.29) is 31.3 Å². The molecule has 1 aliphatic rings. The van der Waals surface area contributed by atoms with E-state index in [1.807, 2.05) is 49.4 Å². The molecule has 2 amide bonds. The first-order valence-corrected chi connectivity index (χ1v) is 11.7. The van der Waals surface area contributed by atoms with Gasteiger partial charge in [0.05, 0.1) is 26.9 Å². The molecule has 0 aliphatic carbocycles. The van der Waals surface area contributed by atoms with Gasteiger partial charge in [0.15, 0.2) is 11.5 Å². The molecule has 0 saturated heterocycles. The van der Waals surface area contributed by atoms with Crippen molar-refractivity contribution in [2.45, 2.75) is 45.6 Å². The normalized spacial score (nSPS) is 15.1. The summed E-state index contributed by atoms with van der Waals surface area (Å²) >= 11 is 0. The standard InChI is InChI=1S/C26H34N2O5/c1-3-32-23-13-9-11-21-18-28(19-24(29)27-16-7-4-8-17-33-26(21)23)25(30)15-14-20-10-5-6-12-22(20)31-2/h5-6,9-13H,3-4,7-8,14-19H2,1-2H3,(H,27,29). The molecule has 0 bridgehead atoms. The monoisotopic (exact) mass is 454 g/mol. The molecular formula is C26H34N2O5. The van der Waals surface area contributed by atoms with Crippen molar-refractivity contribution in [1.29, 1.82) is 0 Å². The van der Waals surface area contributed by atoms with Crippen LogP contribution >= 0.6 is 0 Å². The Kier molecular flexibility index (Phi) is 9.42. The molecule has 0 atom stereocenters. The molecule has 0 spiro atoms. The van der Waals surface area contributed by atoms with E-state index in [1.54, 1.807) is 12.0 Å². The summed E-state index contributed by atoms with van der Waals surface area (Å²) in [4.78, 5) is 27.4. The van der Waals surface area contributed by atoms with E-state index in [4.69, 9.17) is 14.2 Å². The third-order valence-electron chi connectivity index (χ3n) is 5.60. The fourth-order valence-corrected chi connectivity index (χ4v) is 3.90. The highest BCUT2D eigenvalue weighted by Crippen LogP contribution is 2.33. The second-order valence-corrected chi connectivity index (χ2v) is 8.00. The number of carbonyl (C=O) groups excluding carboxylic acids is 2. The van der Waals surface area contributed by atoms with Crippen LogP contribution in [0.25, 0.3) is 0 Å². The summed E-state index contributed by atoms with van der Waals surface area (Å²) in [5.74, 6) is 1.83. The van der Waals surface area contributed by atoms with Gasteiger partial charge >= 0.3 is 0 Å². The van der Waals surface area contributed by atoms with Crippen molar-refractivity contribution < 1.29 is 23.8 Å². The maximum Gasteiger partial charge on any atom is 0.239 e. The van der Waals surface area contributed by atoms with E-state index >= 15 is 0 Å².